The third-order valence-electron chi connectivity index (χ3n) is 4.07. The van der Waals surface area contributed by atoms with Crippen molar-refractivity contribution >= 4 is 39.9 Å². The summed E-state index contributed by atoms with van der Waals surface area (Å²) in [7, 11) is 0. The third kappa shape index (κ3) is 3.20. The number of rotatable bonds is 2. The van der Waals surface area contributed by atoms with E-state index in [2.05, 4.69) is 76.1 Å². The molecular formula is C17H18ClIN2. The molecule has 1 N–H and O–H groups in total. The zero-order valence-electron chi connectivity index (χ0n) is 11.9. The van der Waals surface area contributed by atoms with E-state index < -0.39 is 0 Å². The summed E-state index contributed by atoms with van der Waals surface area (Å²) in [4.78, 5) is 2.45. The maximum absolute atomic E-state index is 6.07. The van der Waals surface area contributed by atoms with Crippen LogP contribution in [-0.2, 0) is 5.54 Å². The van der Waals surface area contributed by atoms with E-state index in [0.29, 0.717) is 0 Å². The normalized spacial score (nSPS) is 22.3. The largest absolute Gasteiger partial charge is 0.367 e. The lowest BCUT2D eigenvalue weighted by Gasteiger charge is -2.43. The Balaban J connectivity index is 1.89. The van der Waals surface area contributed by atoms with Crippen molar-refractivity contribution in [2.75, 3.05) is 24.5 Å². The summed E-state index contributed by atoms with van der Waals surface area (Å²) in [6.07, 6.45) is 0. The Morgan fingerprint density at radius 1 is 1.19 bits per heavy atom. The molecule has 1 aliphatic heterocycles. The lowest BCUT2D eigenvalue weighted by atomic mass is 9.89. The first kappa shape index (κ1) is 15.1. The molecule has 4 heteroatoms. The number of halogens is 2. The first-order chi connectivity index (χ1) is 10.1. The van der Waals surface area contributed by atoms with Crippen LogP contribution < -0.4 is 10.2 Å². The molecule has 0 aromatic heterocycles. The van der Waals surface area contributed by atoms with Crippen LogP contribution in [-0.4, -0.2) is 19.6 Å². The lowest BCUT2D eigenvalue weighted by Crippen LogP contribution is -2.57. The number of benzene rings is 2. The second-order valence-corrected chi connectivity index (χ2v) is 7.24. The van der Waals surface area contributed by atoms with Crippen molar-refractivity contribution in [3.8, 4) is 0 Å². The van der Waals surface area contributed by atoms with Gasteiger partial charge in [-0.25, -0.2) is 0 Å². The summed E-state index contributed by atoms with van der Waals surface area (Å²) < 4.78 is 1.21. The molecule has 1 atom stereocenters. The minimum atomic E-state index is -0.0256. The highest BCUT2D eigenvalue weighted by molar-refractivity contribution is 14.1. The number of hydrogen-bond acceptors (Lipinski definition) is 2. The minimum absolute atomic E-state index is 0.0256. The van der Waals surface area contributed by atoms with Crippen molar-refractivity contribution in [1.82, 2.24) is 5.32 Å². The summed E-state index contributed by atoms with van der Waals surface area (Å²) in [5.74, 6) is 0. The molecule has 1 unspecified atom stereocenters. The van der Waals surface area contributed by atoms with Crippen LogP contribution in [0.25, 0.3) is 0 Å². The average Bonchev–Trinajstić information content (AvgIpc) is 2.48. The SMILES string of the molecule is CC1(c2ccccc2)CN(c2ccc(Cl)cc2I)CCN1. The van der Waals surface area contributed by atoms with Gasteiger partial charge in [-0.2, -0.15) is 0 Å². The quantitative estimate of drug-likeness (QED) is 0.741. The molecule has 0 bridgehead atoms. The Kier molecular flexibility index (Phi) is 4.43. The Labute approximate surface area is 144 Å². The Morgan fingerprint density at radius 3 is 2.67 bits per heavy atom. The van der Waals surface area contributed by atoms with Gasteiger partial charge in [-0.1, -0.05) is 41.9 Å². The zero-order valence-corrected chi connectivity index (χ0v) is 14.9. The molecule has 0 spiro atoms. The molecule has 2 aromatic rings. The molecule has 0 radical (unpaired) electrons. The van der Waals surface area contributed by atoms with Crippen LogP contribution in [0.5, 0.6) is 0 Å². The zero-order chi connectivity index (χ0) is 14.9. The molecule has 2 aromatic carbocycles. The number of piperazine rings is 1. The predicted octanol–water partition coefficient (Wildman–Crippen LogP) is 4.27. The van der Waals surface area contributed by atoms with Crippen LogP contribution >= 0.6 is 34.2 Å². The molecule has 1 aliphatic rings. The van der Waals surface area contributed by atoms with Crippen LogP contribution in [0.15, 0.2) is 48.5 Å². The molecule has 1 saturated heterocycles. The van der Waals surface area contributed by atoms with Gasteiger partial charge in [-0.15, -0.1) is 0 Å². The van der Waals surface area contributed by atoms with E-state index in [1.165, 1.54) is 14.8 Å². The topological polar surface area (TPSA) is 15.3 Å². The maximum Gasteiger partial charge on any atom is 0.0584 e. The first-order valence-corrected chi connectivity index (χ1v) is 8.55. The molecule has 21 heavy (non-hydrogen) atoms. The average molecular weight is 413 g/mol. The molecule has 0 aliphatic carbocycles. The van der Waals surface area contributed by atoms with Gasteiger partial charge in [-0.05, 0) is 53.3 Å². The van der Waals surface area contributed by atoms with Crippen LogP contribution in [0.4, 0.5) is 5.69 Å². The number of nitrogens with one attached hydrogen (secondary N) is 1. The van der Waals surface area contributed by atoms with Gasteiger partial charge in [0.2, 0.25) is 0 Å². The van der Waals surface area contributed by atoms with Crippen molar-refractivity contribution < 1.29 is 0 Å². The van der Waals surface area contributed by atoms with Crippen molar-refractivity contribution in [2.45, 2.75) is 12.5 Å². The molecule has 110 valence electrons. The second-order valence-electron chi connectivity index (χ2n) is 5.64. The molecule has 0 amide bonds. The number of hydrogen-bond donors (Lipinski definition) is 1. The monoisotopic (exact) mass is 412 g/mol. The fourth-order valence-electron chi connectivity index (χ4n) is 2.93. The predicted molar refractivity (Wildman–Crippen MR) is 98.2 cm³/mol. The molecule has 1 heterocycles. The van der Waals surface area contributed by atoms with Gasteiger partial charge < -0.3 is 10.2 Å². The van der Waals surface area contributed by atoms with Gasteiger partial charge in [-0.3, -0.25) is 0 Å². The van der Waals surface area contributed by atoms with Gasteiger partial charge >= 0.3 is 0 Å². The molecule has 2 nitrogen and oxygen atoms in total. The standard InChI is InChI=1S/C17H18ClIN2/c1-17(13-5-3-2-4-6-13)12-21(10-9-20-17)16-8-7-14(18)11-15(16)19/h2-8,11,20H,9-10,12H2,1H3. The Bertz CT molecular complexity index is 632. The van der Waals surface area contributed by atoms with E-state index >= 15 is 0 Å². The third-order valence-corrected chi connectivity index (χ3v) is 5.16. The van der Waals surface area contributed by atoms with Gasteiger partial charge in [0.05, 0.1) is 11.2 Å². The van der Waals surface area contributed by atoms with Crippen LogP contribution in [0.1, 0.15) is 12.5 Å². The lowest BCUT2D eigenvalue weighted by molar-refractivity contribution is 0.332. The van der Waals surface area contributed by atoms with E-state index in [4.69, 9.17) is 11.6 Å². The van der Waals surface area contributed by atoms with Crippen molar-refractivity contribution in [1.29, 1.82) is 0 Å². The molecule has 3 rings (SSSR count). The Morgan fingerprint density at radius 2 is 1.95 bits per heavy atom. The summed E-state index contributed by atoms with van der Waals surface area (Å²) in [5, 5.41) is 4.47. The maximum atomic E-state index is 6.07. The minimum Gasteiger partial charge on any atom is -0.367 e. The highest BCUT2D eigenvalue weighted by atomic mass is 127. The van der Waals surface area contributed by atoms with Gasteiger partial charge in [0.25, 0.3) is 0 Å². The van der Waals surface area contributed by atoms with Crippen LogP contribution in [0.3, 0.4) is 0 Å². The van der Waals surface area contributed by atoms with E-state index in [0.717, 1.165) is 24.7 Å². The van der Waals surface area contributed by atoms with E-state index in [-0.39, 0.29) is 5.54 Å². The van der Waals surface area contributed by atoms with Crippen LogP contribution in [0, 0.1) is 3.57 Å². The fraction of sp³-hybridized carbons (Fsp3) is 0.294. The first-order valence-electron chi connectivity index (χ1n) is 7.09. The molecule has 1 fully saturated rings. The smallest absolute Gasteiger partial charge is 0.0584 e. The summed E-state index contributed by atoms with van der Waals surface area (Å²) in [6.45, 7) is 5.22. The summed E-state index contributed by atoms with van der Waals surface area (Å²) >= 11 is 8.44. The van der Waals surface area contributed by atoms with E-state index in [9.17, 15) is 0 Å². The van der Waals surface area contributed by atoms with E-state index in [1.807, 2.05) is 12.1 Å². The fourth-order valence-corrected chi connectivity index (χ4v) is 4.14. The highest BCUT2D eigenvalue weighted by Crippen LogP contribution is 2.31. The highest BCUT2D eigenvalue weighted by Gasteiger charge is 2.32. The van der Waals surface area contributed by atoms with Gasteiger partial charge in [0.15, 0.2) is 0 Å². The van der Waals surface area contributed by atoms with Crippen LogP contribution in [0.2, 0.25) is 5.02 Å². The van der Waals surface area contributed by atoms with Gasteiger partial charge in [0, 0.05) is 28.2 Å². The van der Waals surface area contributed by atoms with Crippen molar-refractivity contribution in [3.63, 3.8) is 0 Å². The summed E-state index contributed by atoms with van der Waals surface area (Å²) in [6, 6.07) is 16.8. The summed E-state index contributed by atoms with van der Waals surface area (Å²) in [5.41, 5.74) is 2.57. The number of nitrogens with zero attached hydrogens (tertiary/aromatic N) is 1. The number of anilines is 1. The van der Waals surface area contributed by atoms with Crippen molar-refractivity contribution in [3.05, 3.63) is 62.7 Å². The molecule has 0 saturated carbocycles. The van der Waals surface area contributed by atoms with Crippen molar-refractivity contribution in [2.24, 2.45) is 0 Å². The van der Waals surface area contributed by atoms with E-state index in [1.54, 1.807) is 0 Å². The second kappa shape index (κ2) is 6.15. The Hall–Kier alpha value is -0.780. The van der Waals surface area contributed by atoms with Gasteiger partial charge in [0.1, 0.15) is 0 Å². The molecular weight excluding hydrogens is 395 g/mol.